The largest absolute Gasteiger partial charge is 0.492 e. The van der Waals surface area contributed by atoms with Crippen LogP contribution in [0.5, 0.6) is 17.2 Å². The average Bonchev–Trinajstić information content (AvgIpc) is 3.39. The number of carbonyl (C=O) groups excluding carboxylic acids is 1. The number of piperidine rings is 1. The Kier molecular flexibility index (Phi) is 7.21. The maximum atomic E-state index is 16.5. The van der Waals surface area contributed by atoms with Crippen molar-refractivity contribution in [1.82, 2.24) is 24.4 Å². The van der Waals surface area contributed by atoms with Crippen LogP contribution in [-0.2, 0) is 11.8 Å². The van der Waals surface area contributed by atoms with Gasteiger partial charge in [0.2, 0.25) is 0 Å². The van der Waals surface area contributed by atoms with E-state index in [0.717, 1.165) is 28.0 Å². The summed E-state index contributed by atoms with van der Waals surface area (Å²) in [4.78, 5) is 27.7. The van der Waals surface area contributed by atoms with Crippen LogP contribution in [0.3, 0.4) is 0 Å². The number of alkyl halides is 1. The first-order chi connectivity index (χ1) is 22.0. The van der Waals surface area contributed by atoms with E-state index in [4.69, 9.17) is 14.2 Å². The van der Waals surface area contributed by atoms with E-state index in [9.17, 15) is 4.79 Å². The number of halogens is 1. The molecule has 3 aromatic carbocycles. The molecule has 2 aliphatic heterocycles. The Labute approximate surface area is 266 Å². The molecule has 5 aromatic rings. The zero-order chi connectivity index (χ0) is 32.2. The van der Waals surface area contributed by atoms with E-state index in [1.807, 2.05) is 81.8 Å². The molecule has 46 heavy (non-hydrogen) atoms. The Hall–Kier alpha value is -4.93. The first kappa shape index (κ1) is 29.8. The molecular formula is C35H37FN6O4. The van der Waals surface area contributed by atoms with E-state index >= 15 is 4.39 Å². The van der Waals surface area contributed by atoms with Gasteiger partial charge < -0.3 is 29.0 Å². The van der Waals surface area contributed by atoms with E-state index in [0.29, 0.717) is 59.7 Å². The number of aryl methyl sites for hydroxylation is 2. The lowest BCUT2D eigenvalue weighted by Crippen LogP contribution is -2.49. The molecule has 1 atom stereocenters. The Morgan fingerprint density at radius 2 is 1.85 bits per heavy atom. The molecule has 2 aromatic heterocycles. The van der Waals surface area contributed by atoms with Gasteiger partial charge in [0.1, 0.15) is 41.2 Å². The number of ether oxygens (including phenoxy) is 3. The number of hydrogen-bond donors (Lipinski definition) is 1. The molecule has 1 N–H and O–H groups in total. The first-order valence-corrected chi connectivity index (χ1v) is 15.5. The lowest BCUT2D eigenvalue weighted by atomic mass is 9.71. The number of amides is 1. The number of anilines is 2. The predicted molar refractivity (Wildman–Crippen MR) is 174 cm³/mol. The highest BCUT2D eigenvalue weighted by atomic mass is 19.1. The second-order valence-electron chi connectivity index (χ2n) is 13.3. The summed E-state index contributed by atoms with van der Waals surface area (Å²) in [6.45, 7) is 8.52. The molecule has 0 aliphatic carbocycles. The number of nitrogens with one attached hydrogen (secondary N) is 1. The summed E-state index contributed by atoms with van der Waals surface area (Å²) >= 11 is 0. The molecule has 7 rings (SSSR count). The van der Waals surface area contributed by atoms with E-state index in [2.05, 4.69) is 20.3 Å². The molecule has 0 bridgehead atoms. The lowest BCUT2D eigenvalue weighted by molar-refractivity contribution is -0.0377. The summed E-state index contributed by atoms with van der Waals surface area (Å²) in [7, 11) is 1.96. The molecule has 1 saturated heterocycles. The predicted octanol–water partition coefficient (Wildman–Crippen LogP) is 7.78. The average molecular weight is 625 g/mol. The zero-order valence-corrected chi connectivity index (χ0v) is 26.6. The number of imidazole rings is 1. The smallest absolute Gasteiger partial charge is 0.410 e. The highest BCUT2D eigenvalue weighted by Crippen LogP contribution is 2.53. The van der Waals surface area contributed by atoms with E-state index in [-0.39, 0.29) is 12.7 Å². The van der Waals surface area contributed by atoms with Crippen molar-refractivity contribution >= 4 is 39.5 Å². The number of benzene rings is 3. The summed E-state index contributed by atoms with van der Waals surface area (Å²) in [6.07, 6.45) is 2.59. The molecule has 1 amide bonds. The quantitative estimate of drug-likeness (QED) is 0.216. The van der Waals surface area contributed by atoms with Crippen LogP contribution in [0.25, 0.3) is 21.9 Å². The molecule has 238 valence electrons. The van der Waals surface area contributed by atoms with Crippen LogP contribution in [0.4, 0.5) is 20.7 Å². The Bertz CT molecular complexity index is 1960. The van der Waals surface area contributed by atoms with Crippen LogP contribution in [0.15, 0.2) is 61.2 Å². The van der Waals surface area contributed by atoms with Gasteiger partial charge in [-0.05, 0) is 82.5 Å². The topological polar surface area (TPSA) is 104 Å². The number of hydrogen-bond acceptors (Lipinski definition) is 8. The van der Waals surface area contributed by atoms with Crippen LogP contribution in [0.2, 0.25) is 0 Å². The normalized spacial score (nSPS) is 17.5. The molecule has 11 heteroatoms. The van der Waals surface area contributed by atoms with Crippen LogP contribution >= 0.6 is 0 Å². The van der Waals surface area contributed by atoms with Crippen LogP contribution in [-0.4, -0.2) is 55.8 Å². The van der Waals surface area contributed by atoms with Crippen molar-refractivity contribution in [3.63, 3.8) is 0 Å². The number of fused-ring (bicyclic) bond motifs is 4. The first-order valence-electron chi connectivity index (χ1n) is 15.5. The molecule has 1 unspecified atom stereocenters. The van der Waals surface area contributed by atoms with Gasteiger partial charge in [-0.2, -0.15) is 0 Å². The van der Waals surface area contributed by atoms with Gasteiger partial charge in [-0.15, -0.1) is 0 Å². The fraction of sp³-hybridized carbons (Fsp3) is 0.371. The van der Waals surface area contributed by atoms with E-state index < -0.39 is 17.2 Å². The van der Waals surface area contributed by atoms with Crippen LogP contribution in [0, 0.1) is 12.3 Å². The summed E-state index contributed by atoms with van der Waals surface area (Å²) < 4.78 is 36.5. The molecular weight excluding hydrogens is 587 g/mol. The van der Waals surface area contributed by atoms with Gasteiger partial charge in [-0.1, -0.05) is 6.07 Å². The maximum Gasteiger partial charge on any atom is 0.410 e. The molecule has 1 fully saturated rings. The monoisotopic (exact) mass is 624 g/mol. The van der Waals surface area contributed by atoms with Gasteiger partial charge in [0, 0.05) is 42.9 Å². The Morgan fingerprint density at radius 1 is 1.04 bits per heavy atom. The molecule has 1 spiro atoms. The second-order valence-corrected chi connectivity index (χ2v) is 13.3. The zero-order valence-electron chi connectivity index (χ0n) is 26.6. The van der Waals surface area contributed by atoms with Crippen molar-refractivity contribution in [1.29, 1.82) is 0 Å². The van der Waals surface area contributed by atoms with Crippen LogP contribution < -0.4 is 14.8 Å². The summed E-state index contributed by atoms with van der Waals surface area (Å²) in [6, 6.07) is 15.2. The van der Waals surface area contributed by atoms with Gasteiger partial charge >= 0.3 is 6.09 Å². The SMILES string of the molecule is Cc1cc(Nc2ncnc3ccc4c(c23)OCC2(CCN(C(=O)OC(C)(C)C)CC2)C4F)ccc1Oc1ccc2c(c1)ncn2C. The molecule has 0 radical (unpaired) electrons. The number of aromatic nitrogens is 4. The van der Waals surface area contributed by atoms with Gasteiger partial charge in [-0.3, -0.25) is 0 Å². The molecule has 4 heterocycles. The highest BCUT2D eigenvalue weighted by molar-refractivity contribution is 5.97. The Balaban J connectivity index is 1.11. The fourth-order valence-electron chi connectivity index (χ4n) is 6.35. The van der Waals surface area contributed by atoms with Crippen molar-refractivity contribution in [2.45, 2.75) is 52.3 Å². The van der Waals surface area contributed by atoms with Crippen molar-refractivity contribution in [3.05, 3.63) is 72.3 Å². The molecule has 2 aliphatic rings. The Morgan fingerprint density at radius 3 is 2.61 bits per heavy atom. The third-order valence-corrected chi connectivity index (χ3v) is 8.87. The van der Waals surface area contributed by atoms with Crippen molar-refractivity contribution < 1.29 is 23.4 Å². The van der Waals surface area contributed by atoms with Gasteiger partial charge in [0.05, 0.1) is 34.9 Å². The minimum atomic E-state index is -1.27. The van der Waals surface area contributed by atoms with Crippen molar-refractivity contribution in [3.8, 4) is 17.2 Å². The standard InChI is InChI=1S/C35H37FN6O4/c1-21-16-22(6-11-28(21)45-23-7-10-27-26(17-23)39-20-41(27)5)40-32-29-25(37-19-38-32)9-8-24-30(29)44-18-35(31(24)36)12-14-42(15-13-35)33(43)46-34(2,3)4/h6-11,16-17,19-20,31H,12-15,18H2,1-5H3,(H,37,38,40). The maximum absolute atomic E-state index is 16.5. The van der Waals surface area contributed by atoms with E-state index in [1.165, 1.54) is 6.33 Å². The number of rotatable bonds is 4. The summed E-state index contributed by atoms with van der Waals surface area (Å²) in [5.74, 6) is 2.40. The van der Waals surface area contributed by atoms with Gasteiger partial charge in [0.15, 0.2) is 0 Å². The lowest BCUT2D eigenvalue weighted by Gasteiger charge is -2.46. The third-order valence-electron chi connectivity index (χ3n) is 8.87. The van der Waals surface area contributed by atoms with E-state index in [1.54, 1.807) is 17.3 Å². The number of likely N-dealkylation sites (tertiary alicyclic amines) is 1. The third kappa shape index (κ3) is 5.44. The highest BCUT2D eigenvalue weighted by Gasteiger charge is 2.48. The number of carbonyl (C=O) groups is 1. The van der Waals surface area contributed by atoms with Crippen molar-refractivity contribution in [2.75, 3.05) is 25.0 Å². The molecule has 0 saturated carbocycles. The second kappa shape index (κ2) is 11.1. The summed E-state index contributed by atoms with van der Waals surface area (Å²) in [5, 5.41) is 4.03. The van der Waals surface area contributed by atoms with Gasteiger partial charge in [-0.25, -0.2) is 24.1 Å². The minimum absolute atomic E-state index is 0.201. The minimum Gasteiger partial charge on any atom is -0.492 e. The van der Waals surface area contributed by atoms with Crippen molar-refractivity contribution in [2.24, 2.45) is 12.5 Å². The summed E-state index contributed by atoms with van der Waals surface area (Å²) in [5.41, 5.74) is 3.44. The fourth-order valence-corrected chi connectivity index (χ4v) is 6.35. The number of nitrogens with zero attached hydrogens (tertiary/aromatic N) is 5. The molecule has 10 nitrogen and oxygen atoms in total. The van der Waals surface area contributed by atoms with Crippen LogP contribution in [0.1, 0.15) is 50.9 Å². The van der Waals surface area contributed by atoms with Gasteiger partial charge in [0.25, 0.3) is 0 Å².